The van der Waals surface area contributed by atoms with E-state index in [2.05, 4.69) is 29.2 Å². The summed E-state index contributed by atoms with van der Waals surface area (Å²) in [5.41, 5.74) is 0. The molecule has 1 saturated carbocycles. The zero-order valence-corrected chi connectivity index (χ0v) is 13.5. The average molecular weight is 282 g/mol. The molecule has 5 heteroatoms. The van der Waals surface area contributed by atoms with Crippen LogP contribution in [0.3, 0.4) is 0 Å². The van der Waals surface area contributed by atoms with Gasteiger partial charge in [-0.15, -0.1) is 0 Å². The van der Waals surface area contributed by atoms with Gasteiger partial charge >= 0.3 is 0 Å². The number of likely N-dealkylation sites (N-methyl/N-ethyl adjacent to an activating group) is 1. The number of unbranched alkanes of at least 4 members (excludes halogenated alkanes) is 1. The highest BCUT2D eigenvalue weighted by Gasteiger charge is 2.18. The van der Waals surface area contributed by atoms with Gasteiger partial charge in [-0.1, -0.05) is 26.2 Å². The maximum absolute atomic E-state index is 11.7. The third kappa shape index (κ3) is 5.80. The second kappa shape index (κ2) is 8.82. The minimum atomic E-state index is 0.0413. The predicted octanol–water partition coefficient (Wildman–Crippen LogP) is 1.69. The second-order valence-corrected chi connectivity index (χ2v) is 5.83. The van der Waals surface area contributed by atoms with Gasteiger partial charge < -0.3 is 15.1 Å². The Balaban J connectivity index is 2.61. The molecule has 0 atom stereocenters. The van der Waals surface area contributed by atoms with E-state index in [1.165, 1.54) is 25.7 Å². The number of nitrogens with zero attached hydrogens (tertiary/aromatic N) is 3. The van der Waals surface area contributed by atoms with Crippen LogP contribution in [0, 0.1) is 0 Å². The van der Waals surface area contributed by atoms with Crippen molar-refractivity contribution >= 4 is 11.9 Å². The van der Waals surface area contributed by atoms with Crippen molar-refractivity contribution in [3.8, 4) is 0 Å². The molecule has 0 radical (unpaired) electrons. The van der Waals surface area contributed by atoms with Crippen molar-refractivity contribution in [3.05, 3.63) is 0 Å². The monoisotopic (exact) mass is 282 g/mol. The second-order valence-electron chi connectivity index (χ2n) is 5.83. The minimum Gasteiger partial charge on any atom is -0.354 e. The third-order valence-corrected chi connectivity index (χ3v) is 3.76. The Bertz CT molecular complexity index is 322. The van der Waals surface area contributed by atoms with Gasteiger partial charge in [-0.3, -0.25) is 4.79 Å². The molecular formula is C15H30N4O. The van der Waals surface area contributed by atoms with E-state index < -0.39 is 0 Å². The van der Waals surface area contributed by atoms with Crippen molar-refractivity contribution < 1.29 is 4.79 Å². The Morgan fingerprint density at radius 3 is 2.45 bits per heavy atom. The van der Waals surface area contributed by atoms with Gasteiger partial charge in [-0.2, -0.15) is 0 Å². The Kier molecular flexibility index (Phi) is 7.41. The zero-order chi connectivity index (χ0) is 15.0. The Morgan fingerprint density at radius 2 is 1.90 bits per heavy atom. The topological polar surface area (TPSA) is 47.9 Å². The van der Waals surface area contributed by atoms with Crippen LogP contribution in [0.5, 0.6) is 0 Å². The zero-order valence-electron chi connectivity index (χ0n) is 13.5. The highest BCUT2D eigenvalue weighted by atomic mass is 16.2. The molecule has 0 saturated heterocycles. The van der Waals surface area contributed by atoms with Crippen LogP contribution in [0.15, 0.2) is 4.99 Å². The number of hydrogen-bond donors (Lipinski definition) is 1. The fraction of sp³-hybridized carbons (Fsp3) is 0.867. The van der Waals surface area contributed by atoms with Gasteiger partial charge in [0.25, 0.3) is 0 Å². The van der Waals surface area contributed by atoms with Crippen LogP contribution >= 0.6 is 0 Å². The lowest BCUT2D eigenvalue weighted by atomic mass is 10.2. The molecule has 5 nitrogen and oxygen atoms in total. The molecule has 1 rings (SSSR count). The molecule has 0 spiro atoms. The molecule has 1 N–H and O–H groups in total. The number of hydrogen-bond acceptors (Lipinski definition) is 2. The lowest BCUT2D eigenvalue weighted by Crippen LogP contribution is -2.44. The van der Waals surface area contributed by atoms with Crippen molar-refractivity contribution in [1.29, 1.82) is 0 Å². The SMILES string of the molecule is CCCCN(C)C(=NCC(=O)N(C)C)NC1CCCC1. The molecule has 0 aliphatic heterocycles. The van der Waals surface area contributed by atoms with Gasteiger partial charge in [0, 0.05) is 33.7 Å². The molecule has 0 aromatic rings. The van der Waals surface area contributed by atoms with E-state index in [1.54, 1.807) is 19.0 Å². The van der Waals surface area contributed by atoms with Crippen molar-refractivity contribution in [1.82, 2.24) is 15.1 Å². The first-order valence-corrected chi connectivity index (χ1v) is 7.76. The van der Waals surface area contributed by atoms with E-state index in [0.717, 1.165) is 25.3 Å². The third-order valence-electron chi connectivity index (χ3n) is 3.76. The van der Waals surface area contributed by atoms with Crippen LogP contribution in [-0.4, -0.2) is 61.9 Å². The molecule has 0 aromatic heterocycles. The number of amides is 1. The number of guanidine groups is 1. The minimum absolute atomic E-state index is 0.0413. The lowest BCUT2D eigenvalue weighted by molar-refractivity contribution is -0.127. The summed E-state index contributed by atoms with van der Waals surface area (Å²) >= 11 is 0. The lowest BCUT2D eigenvalue weighted by Gasteiger charge is -2.25. The molecule has 1 amide bonds. The van der Waals surface area contributed by atoms with E-state index >= 15 is 0 Å². The van der Waals surface area contributed by atoms with Crippen LogP contribution < -0.4 is 5.32 Å². The highest BCUT2D eigenvalue weighted by molar-refractivity contribution is 5.84. The Hall–Kier alpha value is -1.26. The van der Waals surface area contributed by atoms with Crippen LogP contribution in [0.1, 0.15) is 45.4 Å². The van der Waals surface area contributed by atoms with Gasteiger partial charge in [0.1, 0.15) is 6.54 Å². The van der Waals surface area contributed by atoms with Gasteiger partial charge in [-0.05, 0) is 19.3 Å². The quantitative estimate of drug-likeness (QED) is 0.596. The fourth-order valence-electron chi connectivity index (χ4n) is 2.31. The average Bonchev–Trinajstić information content (AvgIpc) is 2.93. The maximum atomic E-state index is 11.7. The van der Waals surface area contributed by atoms with Crippen molar-refractivity contribution in [2.24, 2.45) is 4.99 Å². The summed E-state index contributed by atoms with van der Waals surface area (Å²) in [6.45, 7) is 3.38. The standard InChI is InChI=1S/C15H30N4O/c1-5-6-11-19(4)15(16-12-14(20)18(2)3)17-13-9-7-8-10-13/h13H,5-12H2,1-4H3,(H,16,17). The van der Waals surface area contributed by atoms with E-state index in [1.807, 2.05) is 0 Å². The van der Waals surface area contributed by atoms with Crippen LogP contribution in [-0.2, 0) is 4.79 Å². The van der Waals surface area contributed by atoms with Crippen LogP contribution in [0.4, 0.5) is 0 Å². The molecular weight excluding hydrogens is 252 g/mol. The van der Waals surface area contributed by atoms with Crippen molar-refractivity contribution in [2.75, 3.05) is 34.2 Å². The number of rotatable bonds is 6. The molecule has 0 unspecified atom stereocenters. The molecule has 1 fully saturated rings. The normalized spacial score (nSPS) is 16.3. The number of carbonyl (C=O) groups excluding carboxylic acids is 1. The number of aliphatic imine (C=N–C) groups is 1. The first-order chi connectivity index (χ1) is 9.54. The van der Waals surface area contributed by atoms with Crippen LogP contribution in [0.25, 0.3) is 0 Å². The van der Waals surface area contributed by atoms with Crippen molar-refractivity contribution in [3.63, 3.8) is 0 Å². The Labute approximate surface area is 123 Å². The van der Waals surface area contributed by atoms with E-state index in [9.17, 15) is 4.79 Å². The number of nitrogens with one attached hydrogen (secondary N) is 1. The molecule has 0 aromatic carbocycles. The first kappa shape index (κ1) is 16.8. The number of carbonyl (C=O) groups is 1. The highest BCUT2D eigenvalue weighted by Crippen LogP contribution is 2.17. The summed E-state index contributed by atoms with van der Waals surface area (Å²) in [5, 5.41) is 3.52. The van der Waals surface area contributed by atoms with Gasteiger partial charge in [0.2, 0.25) is 5.91 Å². The summed E-state index contributed by atoms with van der Waals surface area (Å²) in [5.74, 6) is 0.917. The smallest absolute Gasteiger partial charge is 0.243 e. The molecule has 20 heavy (non-hydrogen) atoms. The summed E-state index contributed by atoms with van der Waals surface area (Å²) in [6, 6.07) is 0.521. The molecule has 1 aliphatic rings. The van der Waals surface area contributed by atoms with Gasteiger partial charge in [-0.25, -0.2) is 4.99 Å². The van der Waals surface area contributed by atoms with Gasteiger partial charge in [0.15, 0.2) is 5.96 Å². The molecule has 116 valence electrons. The Morgan fingerprint density at radius 1 is 1.25 bits per heavy atom. The summed E-state index contributed by atoms with van der Waals surface area (Å²) in [4.78, 5) is 19.9. The van der Waals surface area contributed by atoms with E-state index in [0.29, 0.717) is 6.04 Å². The maximum Gasteiger partial charge on any atom is 0.243 e. The largest absolute Gasteiger partial charge is 0.354 e. The van der Waals surface area contributed by atoms with Gasteiger partial charge in [0.05, 0.1) is 0 Å². The molecule has 1 aliphatic carbocycles. The first-order valence-electron chi connectivity index (χ1n) is 7.76. The summed E-state index contributed by atoms with van der Waals surface area (Å²) < 4.78 is 0. The van der Waals surface area contributed by atoms with Crippen molar-refractivity contribution in [2.45, 2.75) is 51.5 Å². The fourth-order valence-corrected chi connectivity index (χ4v) is 2.31. The molecule has 0 bridgehead atoms. The molecule has 0 heterocycles. The predicted molar refractivity (Wildman–Crippen MR) is 83.9 cm³/mol. The van der Waals surface area contributed by atoms with Crippen LogP contribution in [0.2, 0.25) is 0 Å². The van der Waals surface area contributed by atoms with E-state index in [-0.39, 0.29) is 12.5 Å². The van der Waals surface area contributed by atoms with E-state index in [4.69, 9.17) is 0 Å². The summed E-state index contributed by atoms with van der Waals surface area (Å²) in [7, 11) is 5.59. The summed E-state index contributed by atoms with van der Waals surface area (Å²) in [6.07, 6.45) is 7.31.